The van der Waals surface area contributed by atoms with Gasteiger partial charge in [-0.1, -0.05) is 0 Å². The molecule has 250 valence electrons. The Balaban J connectivity index is 1.16. The SMILES string of the molecule is c1ccc(-c2c3c(c([Se][Se]c4c5c(c(-c6ccccc6)c6ccccc46)-c4cccc6cccc-5c46)c4ccccc24)-c2cccc4cccc-3c24)cc1. The number of fused-ring (bicyclic) bond motifs is 8. The molecule has 0 heterocycles. The number of hydrogen-bond donors (Lipinski definition) is 0. The predicted molar refractivity (Wildman–Crippen MR) is 233 cm³/mol. The second-order valence-electron chi connectivity index (χ2n) is 14.3. The minimum absolute atomic E-state index is 0.170. The van der Waals surface area contributed by atoms with Gasteiger partial charge in [-0.3, -0.25) is 0 Å². The van der Waals surface area contributed by atoms with E-state index in [1.165, 1.54) is 119 Å². The quantitative estimate of drug-likeness (QED) is 0.152. The van der Waals surface area contributed by atoms with Crippen molar-refractivity contribution in [1.29, 1.82) is 0 Å². The van der Waals surface area contributed by atoms with Crippen LogP contribution in [0.5, 0.6) is 0 Å². The zero-order valence-electron chi connectivity index (χ0n) is 29.1. The van der Waals surface area contributed by atoms with Crippen LogP contribution in [0.15, 0.2) is 182 Å². The van der Waals surface area contributed by atoms with Crippen molar-refractivity contribution in [3.8, 4) is 66.8 Å². The van der Waals surface area contributed by atoms with Crippen LogP contribution in [0.25, 0.3) is 110 Å². The normalized spacial score (nSPS) is 12.2. The number of benzene rings is 10. The summed E-state index contributed by atoms with van der Waals surface area (Å²) in [6, 6.07) is 68.3. The van der Waals surface area contributed by atoms with E-state index >= 15 is 0 Å². The Morgan fingerprint density at radius 2 is 0.574 bits per heavy atom. The van der Waals surface area contributed by atoms with Gasteiger partial charge in [-0.05, 0) is 0 Å². The molecule has 0 unspecified atom stereocenters. The molecule has 12 rings (SSSR count). The second kappa shape index (κ2) is 11.9. The first kappa shape index (κ1) is 30.7. The van der Waals surface area contributed by atoms with Crippen LogP contribution in [0, 0.1) is 0 Å². The van der Waals surface area contributed by atoms with Crippen molar-refractivity contribution < 1.29 is 0 Å². The van der Waals surface area contributed by atoms with Crippen LogP contribution < -0.4 is 8.92 Å². The molecule has 0 bridgehead atoms. The standard InChI is InChI=1S/C52H30Se2/c1-3-15-33(16-4-1)45-35-23-7-9-25-37(35)51(49-41-29-13-21-31-19-11-27-39(43(31)41)47(45)49)53-54-52-38-26-10-8-24-36(38)46(34-17-5-2-6-18-34)48-40-28-12-20-32-22-14-30-42(44(32)40)50(48)52/h1-30H. The van der Waals surface area contributed by atoms with Gasteiger partial charge in [0.15, 0.2) is 0 Å². The molecular weight excluding hydrogens is 782 g/mol. The Kier molecular flexibility index (Phi) is 6.76. The van der Waals surface area contributed by atoms with Gasteiger partial charge in [0, 0.05) is 0 Å². The fourth-order valence-electron chi connectivity index (χ4n) is 9.45. The van der Waals surface area contributed by atoms with Gasteiger partial charge in [0.2, 0.25) is 0 Å². The van der Waals surface area contributed by atoms with Crippen LogP contribution in [0.3, 0.4) is 0 Å². The summed E-state index contributed by atoms with van der Waals surface area (Å²) in [6.45, 7) is 0. The molecule has 10 aromatic carbocycles. The van der Waals surface area contributed by atoms with Crippen LogP contribution in [0.1, 0.15) is 0 Å². The van der Waals surface area contributed by atoms with Crippen LogP contribution in [-0.2, 0) is 0 Å². The van der Waals surface area contributed by atoms with Crippen molar-refractivity contribution in [3.05, 3.63) is 182 Å². The van der Waals surface area contributed by atoms with Crippen molar-refractivity contribution in [1.82, 2.24) is 0 Å². The third kappa shape index (κ3) is 4.26. The summed E-state index contributed by atoms with van der Waals surface area (Å²) < 4.78 is 3.07. The summed E-state index contributed by atoms with van der Waals surface area (Å²) in [7, 11) is 0. The summed E-state index contributed by atoms with van der Waals surface area (Å²) >= 11 is 0.340. The Hall–Kier alpha value is -5.72. The molecule has 2 aliphatic rings. The molecule has 10 aromatic rings. The van der Waals surface area contributed by atoms with Crippen molar-refractivity contribution in [2.45, 2.75) is 0 Å². The molecule has 0 N–H and O–H groups in total. The summed E-state index contributed by atoms with van der Waals surface area (Å²) in [5.74, 6) is 0. The third-order valence-electron chi connectivity index (χ3n) is 11.6. The monoisotopic (exact) mass is 814 g/mol. The van der Waals surface area contributed by atoms with E-state index in [1.54, 1.807) is 0 Å². The molecule has 0 aromatic heterocycles. The molecule has 0 saturated heterocycles. The topological polar surface area (TPSA) is 0 Å². The number of rotatable bonds is 5. The fraction of sp³-hybridized carbons (Fsp3) is 0. The zero-order valence-corrected chi connectivity index (χ0v) is 32.6. The van der Waals surface area contributed by atoms with Crippen molar-refractivity contribution in [2.75, 3.05) is 0 Å². The first-order chi connectivity index (χ1) is 26.8. The second-order valence-corrected chi connectivity index (χ2v) is 20.4. The minimum atomic E-state index is 0.170. The molecule has 54 heavy (non-hydrogen) atoms. The first-order valence-electron chi connectivity index (χ1n) is 18.5. The summed E-state index contributed by atoms with van der Waals surface area (Å²) in [5, 5.41) is 10.9. The molecule has 2 heteroatoms. The van der Waals surface area contributed by atoms with Gasteiger partial charge >= 0.3 is 327 Å². The van der Waals surface area contributed by atoms with Crippen molar-refractivity contribution in [2.24, 2.45) is 0 Å². The van der Waals surface area contributed by atoms with Gasteiger partial charge in [-0.2, -0.15) is 0 Å². The van der Waals surface area contributed by atoms with E-state index in [-0.39, 0.29) is 26.3 Å². The van der Waals surface area contributed by atoms with E-state index in [0.29, 0.717) is 0 Å². The third-order valence-corrected chi connectivity index (χ3v) is 18.8. The predicted octanol–water partition coefficient (Wildman–Crippen LogP) is 12.2. The van der Waals surface area contributed by atoms with E-state index in [1.807, 2.05) is 0 Å². The summed E-state index contributed by atoms with van der Waals surface area (Å²) in [4.78, 5) is 0. The molecule has 0 aliphatic heterocycles. The Morgan fingerprint density at radius 3 is 0.963 bits per heavy atom. The van der Waals surface area contributed by atoms with Crippen LogP contribution in [0.2, 0.25) is 0 Å². The van der Waals surface area contributed by atoms with E-state index in [4.69, 9.17) is 0 Å². The van der Waals surface area contributed by atoms with Crippen molar-refractivity contribution >= 4 is 78.3 Å². The van der Waals surface area contributed by atoms with E-state index in [9.17, 15) is 0 Å². The van der Waals surface area contributed by atoms with Crippen LogP contribution in [0.4, 0.5) is 0 Å². The van der Waals surface area contributed by atoms with E-state index in [0.717, 1.165) is 0 Å². The summed E-state index contributed by atoms with van der Waals surface area (Å²) in [6.07, 6.45) is 0. The van der Waals surface area contributed by atoms with Crippen molar-refractivity contribution in [3.63, 3.8) is 0 Å². The van der Waals surface area contributed by atoms with E-state index < -0.39 is 0 Å². The zero-order chi connectivity index (χ0) is 35.3. The Bertz CT molecular complexity index is 2970. The van der Waals surface area contributed by atoms with Gasteiger partial charge < -0.3 is 0 Å². The maximum atomic E-state index is 2.40. The summed E-state index contributed by atoms with van der Waals surface area (Å²) in [5.41, 5.74) is 16.5. The first-order valence-corrected chi connectivity index (χ1v) is 24.6. The molecule has 0 nitrogen and oxygen atoms in total. The average Bonchev–Trinajstić information content (AvgIpc) is 3.75. The average molecular weight is 813 g/mol. The molecular formula is C52H30Se2. The maximum absolute atomic E-state index is 2.40. The Morgan fingerprint density at radius 1 is 0.241 bits per heavy atom. The van der Waals surface area contributed by atoms with Gasteiger partial charge in [-0.25, -0.2) is 0 Å². The molecule has 0 saturated carbocycles. The molecule has 0 radical (unpaired) electrons. The van der Waals surface area contributed by atoms with E-state index in [2.05, 4.69) is 182 Å². The Labute approximate surface area is 325 Å². The van der Waals surface area contributed by atoms with Crippen LogP contribution in [-0.4, -0.2) is 26.3 Å². The molecule has 0 fully saturated rings. The number of hydrogen-bond acceptors (Lipinski definition) is 0. The molecule has 2 aliphatic carbocycles. The van der Waals surface area contributed by atoms with Gasteiger partial charge in [0.1, 0.15) is 0 Å². The molecule has 0 atom stereocenters. The van der Waals surface area contributed by atoms with Gasteiger partial charge in [0.05, 0.1) is 0 Å². The van der Waals surface area contributed by atoms with Gasteiger partial charge in [0.25, 0.3) is 0 Å². The van der Waals surface area contributed by atoms with Crippen LogP contribution >= 0.6 is 0 Å². The molecule has 0 amide bonds. The van der Waals surface area contributed by atoms with Gasteiger partial charge in [-0.15, -0.1) is 0 Å². The molecule has 0 spiro atoms. The fourth-order valence-corrected chi connectivity index (χ4v) is 17.8.